The Kier molecular flexibility index (Phi) is 4.01. The maximum atomic E-state index is 6.35. The van der Waals surface area contributed by atoms with Crippen LogP contribution in [0.15, 0.2) is 24.3 Å². The second-order valence-corrected chi connectivity index (χ2v) is 7.13. The van der Waals surface area contributed by atoms with E-state index in [1.807, 2.05) is 6.07 Å². The molecule has 2 N–H and O–H groups in total. The number of nitrogens with two attached hydrogens (primary N) is 1. The molecule has 3 nitrogen and oxygen atoms in total. The molecule has 22 heavy (non-hydrogen) atoms. The molecule has 1 aromatic rings. The molecule has 2 bridgehead atoms. The van der Waals surface area contributed by atoms with Gasteiger partial charge in [-0.15, -0.1) is 0 Å². The third kappa shape index (κ3) is 2.84. The zero-order valence-corrected chi connectivity index (χ0v) is 13.5. The lowest BCUT2D eigenvalue weighted by molar-refractivity contribution is -0.676. The van der Waals surface area contributed by atoms with Crippen molar-refractivity contribution in [2.45, 2.75) is 25.8 Å². The van der Waals surface area contributed by atoms with Gasteiger partial charge in [-0.2, -0.15) is 0 Å². The topological polar surface area (TPSA) is 35.1 Å². The maximum Gasteiger partial charge on any atom is 0.179 e. The van der Waals surface area contributed by atoms with E-state index in [9.17, 15) is 0 Å². The van der Waals surface area contributed by atoms with Gasteiger partial charge in [0.1, 0.15) is 6.54 Å². The summed E-state index contributed by atoms with van der Waals surface area (Å²) in [5.41, 5.74) is 1.22. The third-order valence-corrected chi connectivity index (χ3v) is 5.41. The molecule has 0 amide bonds. The van der Waals surface area contributed by atoms with Crippen LogP contribution in [0.2, 0.25) is 5.02 Å². The van der Waals surface area contributed by atoms with E-state index in [1.165, 1.54) is 24.9 Å². The number of allylic oxidation sites excluding steroid dienone is 2. The van der Waals surface area contributed by atoms with E-state index < -0.39 is 0 Å². The minimum atomic E-state index is 0.672. The summed E-state index contributed by atoms with van der Waals surface area (Å²) in [6.07, 6.45) is 8.50. The Morgan fingerprint density at radius 1 is 1.14 bits per heavy atom. The van der Waals surface area contributed by atoms with Crippen LogP contribution in [0.25, 0.3) is 0 Å². The predicted octanol–water partition coefficient (Wildman–Crippen LogP) is 2.78. The van der Waals surface area contributed by atoms with Crippen LogP contribution in [0.3, 0.4) is 0 Å². The zero-order valence-electron chi connectivity index (χ0n) is 12.8. The lowest BCUT2D eigenvalue weighted by atomic mass is 9.93. The molecule has 3 atom stereocenters. The Balaban J connectivity index is 1.37. The molecule has 1 aromatic carbocycles. The van der Waals surface area contributed by atoms with Gasteiger partial charge in [0.25, 0.3) is 0 Å². The van der Waals surface area contributed by atoms with E-state index in [4.69, 9.17) is 21.1 Å². The van der Waals surface area contributed by atoms with E-state index in [-0.39, 0.29) is 0 Å². The highest BCUT2D eigenvalue weighted by atomic mass is 35.5. The van der Waals surface area contributed by atoms with Crippen LogP contribution < -0.4 is 14.8 Å². The van der Waals surface area contributed by atoms with Gasteiger partial charge in [-0.1, -0.05) is 23.8 Å². The molecule has 118 valence electrons. The van der Waals surface area contributed by atoms with Crippen molar-refractivity contribution in [3.8, 4) is 11.5 Å². The van der Waals surface area contributed by atoms with E-state index in [2.05, 4.69) is 23.5 Å². The van der Waals surface area contributed by atoms with Crippen molar-refractivity contribution in [1.82, 2.24) is 0 Å². The number of hydrogen-bond acceptors (Lipinski definition) is 2. The lowest BCUT2D eigenvalue weighted by Gasteiger charge is -2.16. The smallest absolute Gasteiger partial charge is 0.179 e. The van der Waals surface area contributed by atoms with Crippen molar-refractivity contribution in [3.63, 3.8) is 0 Å². The van der Waals surface area contributed by atoms with Crippen molar-refractivity contribution in [3.05, 3.63) is 34.9 Å². The van der Waals surface area contributed by atoms with E-state index in [0.717, 1.165) is 36.5 Å². The molecule has 0 saturated heterocycles. The minimum absolute atomic E-state index is 0.672. The highest BCUT2D eigenvalue weighted by molar-refractivity contribution is 6.32. The summed E-state index contributed by atoms with van der Waals surface area (Å²) in [6, 6.07) is 4.11. The number of ether oxygens (including phenoxy) is 2. The molecule has 3 aliphatic rings. The fourth-order valence-electron chi connectivity index (χ4n) is 4.03. The van der Waals surface area contributed by atoms with Gasteiger partial charge < -0.3 is 14.8 Å². The average Bonchev–Trinajstić information content (AvgIpc) is 3.04. The summed E-state index contributed by atoms with van der Waals surface area (Å²) in [4.78, 5) is 0. The maximum absolute atomic E-state index is 6.35. The number of hydrogen-bond donors (Lipinski definition) is 1. The Morgan fingerprint density at radius 3 is 2.86 bits per heavy atom. The summed E-state index contributed by atoms with van der Waals surface area (Å²) in [7, 11) is 0. The molecule has 0 aromatic heterocycles. The number of quaternary nitrogens is 1. The Hall–Kier alpha value is -1.19. The van der Waals surface area contributed by atoms with Gasteiger partial charge in [-0.25, -0.2) is 0 Å². The summed E-state index contributed by atoms with van der Waals surface area (Å²) < 4.78 is 11.4. The molecule has 1 heterocycles. The Morgan fingerprint density at radius 2 is 2.05 bits per heavy atom. The molecule has 2 aliphatic carbocycles. The van der Waals surface area contributed by atoms with Crippen molar-refractivity contribution < 1.29 is 14.8 Å². The molecule has 4 rings (SSSR count). The first-order chi connectivity index (χ1) is 10.8. The van der Waals surface area contributed by atoms with Gasteiger partial charge >= 0.3 is 0 Å². The van der Waals surface area contributed by atoms with Crippen molar-refractivity contribution in [1.29, 1.82) is 0 Å². The molecule has 1 saturated carbocycles. The first-order valence-electron chi connectivity index (χ1n) is 8.37. The molecule has 1 fully saturated rings. The van der Waals surface area contributed by atoms with Crippen molar-refractivity contribution >= 4 is 11.6 Å². The minimum Gasteiger partial charge on any atom is -0.489 e. The fourth-order valence-corrected chi connectivity index (χ4v) is 4.32. The van der Waals surface area contributed by atoms with Crippen molar-refractivity contribution in [2.24, 2.45) is 17.8 Å². The van der Waals surface area contributed by atoms with Gasteiger partial charge in [-0.05, 0) is 36.8 Å². The third-order valence-electron chi connectivity index (χ3n) is 5.13. The number of rotatable bonds is 4. The SMILES string of the molecule is Clc1cc(C[NH2+]C[C@H]2C[C@@H]3C=C[C@H]2C3)cc2c1OCCCO2. The summed E-state index contributed by atoms with van der Waals surface area (Å²) in [6.45, 7) is 3.54. The lowest BCUT2D eigenvalue weighted by Crippen LogP contribution is -2.84. The van der Waals surface area contributed by atoms with Gasteiger partial charge in [-0.3, -0.25) is 0 Å². The van der Waals surface area contributed by atoms with Crippen LogP contribution in [-0.2, 0) is 6.54 Å². The molecular weight excluding hydrogens is 298 g/mol. The quantitative estimate of drug-likeness (QED) is 0.866. The highest BCUT2D eigenvalue weighted by Gasteiger charge is 2.36. The van der Waals surface area contributed by atoms with Crippen LogP contribution in [-0.4, -0.2) is 19.8 Å². The normalized spacial score (nSPS) is 28.9. The summed E-state index contributed by atoms with van der Waals surface area (Å²) >= 11 is 6.35. The van der Waals surface area contributed by atoms with Crippen LogP contribution in [0.4, 0.5) is 0 Å². The van der Waals surface area contributed by atoms with Gasteiger partial charge in [0.05, 0.1) is 24.8 Å². The Bertz CT molecular complexity index is 587. The van der Waals surface area contributed by atoms with Crippen LogP contribution in [0.5, 0.6) is 11.5 Å². The van der Waals surface area contributed by atoms with Crippen LogP contribution >= 0.6 is 11.6 Å². The van der Waals surface area contributed by atoms with Crippen LogP contribution in [0.1, 0.15) is 24.8 Å². The summed E-state index contributed by atoms with van der Waals surface area (Å²) in [5.74, 6) is 4.05. The predicted molar refractivity (Wildman–Crippen MR) is 86.4 cm³/mol. The van der Waals surface area contributed by atoms with Gasteiger partial charge in [0.2, 0.25) is 0 Å². The summed E-state index contributed by atoms with van der Waals surface area (Å²) in [5, 5.41) is 3.08. The second-order valence-electron chi connectivity index (χ2n) is 6.72. The van der Waals surface area contributed by atoms with Gasteiger partial charge in [0, 0.05) is 17.9 Å². The molecule has 4 heteroatoms. The monoisotopic (exact) mass is 320 g/mol. The number of benzene rings is 1. The molecule has 0 unspecified atom stereocenters. The first-order valence-corrected chi connectivity index (χ1v) is 8.75. The van der Waals surface area contributed by atoms with E-state index >= 15 is 0 Å². The van der Waals surface area contributed by atoms with Crippen LogP contribution in [0, 0.1) is 17.8 Å². The highest BCUT2D eigenvalue weighted by Crippen LogP contribution is 2.42. The standard InChI is InChI=1S/C18H22ClNO2/c19-16-8-13(9-17-18(16)22-5-1-4-21-17)10-20-11-15-7-12-2-3-14(15)6-12/h2-3,8-9,12,14-15,20H,1,4-7,10-11H2/p+1/t12-,14+,15-/m1/s1. The van der Waals surface area contributed by atoms with Gasteiger partial charge in [0.15, 0.2) is 11.5 Å². The molecule has 0 radical (unpaired) electrons. The first kappa shape index (κ1) is 14.4. The van der Waals surface area contributed by atoms with Crippen molar-refractivity contribution in [2.75, 3.05) is 19.8 Å². The van der Waals surface area contributed by atoms with E-state index in [1.54, 1.807) is 0 Å². The zero-order chi connectivity index (χ0) is 14.9. The number of halogens is 1. The largest absolute Gasteiger partial charge is 0.489 e. The Labute approximate surface area is 136 Å². The number of fused-ring (bicyclic) bond motifs is 3. The molecular formula is C18H23ClNO2+. The molecule has 1 aliphatic heterocycles. The molecule has 0 spiro atoms. The van der Waals surface area contributed by atoms with E-state index in [0.29, 0.717) is 24.0 Å². The average molecular weight is 321 g/mol. The fraction of sp³-hybridized carbons (Fsp3) is 0.556. The second kappa shape index (κ2) is 6.13.